The van der Waals surface area contributed by atoms with E-state index in [4.69, 9.17) is 10.2 Å². The zero-order chi connectivity index (χ0) is 15.8. The van der Waals surface area contributed by atoms with Crippen LogP contribution in [-0.4, -0.2) is 28.7 Å². The summed E-state index contributed by atoms with van der Waals surface area (Å²) in [6.07, 6.45) is 2.87. The van der Waals surface area contributed by atoms with E-state index in [0.717, 1.165) is 11.1 Å². The van der Waals surface area contributed by atoms with Crippen molar-refractivity contribution >= 4 is 18.5 Å². The summed E-state index contributed by atoms with van der Waals surface area (Å²) in [6.45, 7) is 0. The van der Waals surface area contributed by atoms with Crippen molar-refractivity contribution in [2.75, 3.05) is 0 Å². The molecule has 2 aromatic carbocycles. The van der Waals surface area contributed by atoms with E-state index in [9.17, 15) is 4.79 Å². The van der Waals surface area contributed by atoms with E-state index in [1.165, 1.54) is 36.7 Å². The number of carbonyl (C=O) groups is 1. The molecule has 2 aromatic rings. The maximum atomic E-state index is 11.4. The van der Waals surface area contributed by atoms with Gasteiger partial charge in [0, 0.05) is 0 Å². The minimum atomic E-state index is -0.593. The minimum Gasteiger partial charge on any atom is -0.508 e. The number of hydrazone groups is 2. The van der Waals surface area contributed by atoms with Crippen LogP contribution in [-0.2, 0) is 0 Å². The predicted molar refractivity (Wildman–Crippen MR) is 83.1 cm³/mol. The Morgan fingerprint density at radius 1 is 0.773 bits per heavy atom. The number of phenols is 2. The third kappa shape index (κ3) is 4.97. The smallest absolute Gasteiger partial charge is 0.355 e. The second kappa shape index (κ2) is 7.44. The highest BCUT2D eigenvalue weighted by Gasteiger charge is 1.95. The number of hydrogen-bond acceptors (Lipinski definition) is 5. The first-order valence-corrected chi connectivity index (χ1v) is 6.34. The standard InChI is InChI=1S/C15H14N4O3/c20-13-5-1-11(2-6-13)9-16-18-15(22)19-17-10-12-3-7-14(21)8-4-12/h1-10,20-21H,(H2,18,19,22)/b16-9-,17-10-. The lowest BCUT2D eigenvalue weighted by Crippen LogP contribution is -2.28. The molecule has 0 atom stereocenters. The first-order valence-electron chi connectivity index (χ1n) is 6.34. The maximum absolute atomic E-state index is 11.4. The predicted octanol–water partition coefficient (Wildman–Crippen LogP) is 1.76. The second-order valence-electron chi connectivity index (χ2n) is 4.25. The Hall–Kier alpha value is -3.35. The van der Waals surface area contributed by atoms with E-state index in [1.54, 1.807) is 24.3 Å². The number of carbonyl (C=O) groups excluding carboxylic acids is 1. The summed E-state index contributed by atoms with van der Waals surface area (Å²) < 4.78 is 0. The van der Waals surface area contributed by atoms with Crippen molar-refractivity contribution in [1.82, 2.24) is 10.9 Å². The second-order valence-corrected chi connectivity index (χ2v) is 4.25. The minimum absolute atomic E-state index is 0.159. The Morgan fingerprint density at radius 3 is 1.50 bits per heavy atom. The van der Waals surface area contributed by atoms with Gasteiger partial charge in [0.2, 0.25) is 0 Å². The third-order valence-corrected chi connectivity index (χ3v) is 2.55. The van der Waals surface area contributed by atoms with Gasteiger partial charge in [-0.3, -0.25) is 0 Å². The van der Waals surface area contributed by atoms with Crippen LogP contribution in [0.15, 0.2) is 58.7 Å². The number of urea groups is 1. The number of nitrogens with one attached hydrogen (secondary N) is 2. The Balaban J connectivity index is 1.78. The van der Waals surface area contributed by atoms with Gasteiger partial charge < -0.3 is 10.2 Å². The quantitative estimate of drug-likeness (QED) is 0.510. The molecule has 0 unspecified atom stereocenters. The Labute approximate surface area is 126 Å². The molecule has 0 aliphatic heterocycles. The van der Waals surface area contributed by atoms with Gasteiger partial charge in [-0.05, 0) is 59.7 Å². The molecular weight excluding hydrogens is 284 g/mol. The fraction of sp³-hybridized carbons (Fsp3) is 0. The van der Waals surface area contributed by atoms with Gasteiger partial charge in [-0.2, -0.15) is 10.2 Å². The van der Waals surface area contributed by atoms with Gasteiger partial charge in [-0.15, -0.1) is 0 Å². The highest BCUT2D eigenvalue weighted by Crippen LogP contribution is 2.08. The fourth-order valence-corrected chi connectivity index (χ4v) is 1.48. The van der Waals surface area contributed by atoms with Crippen LogP contribution < -0.4 is 10.9 Å². The zero-order valence-corrected chi connectivity index (χ0v) is 11.5. The van der Waals surface area contributed by atoms with Crippen molar-refractivity contribution in [3.05, 3.63) is 59.7 Å². The van der Waals surface area contributed by atoms with E-state index in [0.29, 0.717) is 0 Å². The number of rotatable bonds is 4. The normalized spacial score (nSPS) is 10.9. The highest BCUT2D eigenvalue weighted by atomic mass is 16.3. The van der Waals surface area contributed by atoms with Crippen LogP contribution in [0.2, 0.25) is 0 Å². The number of nitrogens with zero attached hydrogens (tertiary/aromatic N) is 2. The van der Waals surface area contributed by atoms with Crippen LogP contribution in [0.1, 0.15) is 11.1 Å². The molecule has 0 radical (unpaired) electrons. The van der Waals surface area contributed by atoms with Gasteiger partial charge in [-0.25, -0.2) is 15.6 Å². The summed E-state index contributed by atoms with van der Waals surface area (Å²) in [4.78, 5) is 11.4. The lowest BCUT2D eigenvalue weighted by Gasteiger charge is -1.98. The number of hydrogen-bond donors (Lipinski definition) is 4. The van der Waals surface area contributed by atoms with Crippen molar-refractivity contribution in [1.29, 1.82) is 0 Å². The van der Waals surface area contributed by atoms with Gasteiger partial charge in [0.05, 0.1) is 12.4 Å². The largest absolute Gasteiger partial charge is 0.508 e. The molecule has 2 rings (SSSR count). The average Bonchev–Trinajstić information content (AvgIpc) is 2.51. The number of phenolic OH excluding ortho intramolecular Hbond substituents is 2. The lowest BCUT2D eigenvalue weighted by atomic mass is 10.2. The molecule has 0 aliphatic rings. The van der Waals surface area contributed by atoms with Crippen LogP contribution in [0.3, 0.4) is 0 Å². The molecule has 7 heteroatoms. The third-order valence-electron chi connectivity index (χ3n) is 2.55. The van der Waals surface area contributed by atoms with Crippen molar-refractivity contribution in [2.24, 2.45) is 10.2 Å². The van der Waals surface area contributed by atoms with Crippen LogP contribution in [0.4, 0.5) is 4.79 Å². The summed E-state index contributed by atoms with van der Waals surface area (Å²) in [7, 11) is 0. The first-order chi connectivity index (χ1) is 10.6. The van der Waals surface area contributed by atoms with Crippen LogP contribution >= 0.6 is 0 Å². The molecule has 2 amide bonds. The van der Waals surface area contributed by atoms with E-state index >= 15 is 0 Å². The van der Waals surface area contributed by atoms with Crippen LogP contribution in [0, 0.1) is 0 Å². The molecule has 0 spiro atoms. The number of benzene rings is 2. The van der Waals surface area contributed by atoms with Gasteiger partial charge in [-0.1, -0.05) is 0 Å². The topological polar surface area (TPSA) is 106 Å². The fourth-order valence-electron chi connectivity index (χ4n) is 1.48. The summed E-state index contributed by atoms with van der Waals surface area (Å²) in [5.41, 5.74) is 5.94. The lowest BCUT2D eigenvalue weighted by molar-refractivity contribution is 0.242. The van der Waals surface area contributed by atoms with Crippen LogP contribution in [0.25, 0.3) is 0 Å². The van der Waals surface area contributed by atoms with Crippen molar-refractivity contribution < 1.29 is 15.0 Å². The summed E-state index contributed by atoms with van der Waals surface area (Å²) in [5, 5.41) is 25.7. The number of amides is 2. The van der Waals surface area contributed by atoms with Gasteiger partial charge in [0.15, 0.2) is 0 Å². The molecule has 112 valence electrons. The van der Waals surface area contributed by atoms with Crippen molar-refractivity contribution in [3.8, 4) is 11.5 Å². The molecule has 0 aromatic heterocycles. The van der Waals surface area contributed by atoms with Crippen molar-refractivity contribution in [3.63, 3.8) is 0 Å². The van der Waals surface area contributed by atoms with Crippen LogP contribution in [0.5, 0.6) is 11.5 Å². The first kappa shape index (κ1) is 15.0. The SMILES string of the molecule is O=C(N/N=C\c1ccc(O)cc1)N/N=C\c1ccc(O)cc1. The summed E-state index contributed by atoms with van der Waals surface area (Å²) in [6, 6.07) is 12.1. The van der Waals surface area contributed by atoms with E-state index < -0.39 is 6.03 Å². The van der Waals surface area contributed by atoms with E-state index in [1.807, 2.05) is 0 Å². The summed E-state index contributed by atoms with van der Waals surface area (Å²) in [5.74, 6) is 0.317. The molecule has 4 N–H and O–H groups in total. The number of aromatic hydroxyl groups is 2. The van der Waals surface area contributed by atoms with Gasteiger partial charge in [0.1, 0.15) is 11.5 Å². The highest BCUT2D eigenvalue weighted by molar-refractivity contribution is 5.83. The maximum Gasteiger partial charge on any atom is 0.355 e. The molecule has 0 fully saturated rings. The Bertz CT molecular complexity index is 619. The van der Waals surface area contributed by atoms with Crippen molar-refractivity contribution in [2.45, 2.75) is 0 Å². The zero-order valence-electron chi connectivity index (χ0n) is 11.5. The molecule has 0 heterocycles. The average molecular weight is 298 g/mol. The monoisotopic (exact) mass is 298 g/mol. The molecular formula is C15H14N4O3. The molecule has 0 bridgehead atoms. The molecule has 22 heavy (non-hydrogen) atoms. The Kier molecular flexibility index (Phi) is 5.09. The molecule has 0 saturated carbocycles. The van der Waals surface area contributed by atoms with Gasteiger partial charge in [0.25, 0.3) is 0 Å². The van der Waals surface area contributed by atoms with E-state index in [-0.39, 0.29) is 11.5 Å². The Morgan fingerprint density at radius 2 is 1.14 bits per heavy atom. The van der Waals surface area contributed by atoms with E-state index in [2.05, 4.69) is 21.1 Å². The molecule has 0 aliphatic carbocycles. The molecule has 0 saturated heterocycles. The molecule has 7 nitrogen and oxygen atoms in total. The van der Waals surface area contributed by atoms with Gasteiger partial charge >= 0.3 is 6.03 Å². The summed E-state index contributed by atoms with van der Waals surface area (Å²) >= 11 is 0.